The van der Waals surface area contributed by atoms with Crippen molar-refractivity contribution in [1.82, 2.24) is 9.97 Å². The summed E-state index contributed by atoms with van der Waals surface area (Å²) in [4.78, 5) is 19.1. The third-order valence-electron chi connectivity index (χ3n) is 2.76. The Bertz CT molecular complexity index is 439. The summed E-state index contributed by atoms with van der Waals surface area (Å²) in [6, 6.07) is 1.58. The highest BCUT2D eigenvalue weighted by Gasteiger charge is 2.35. The second-order valence-electron chi connectivity index (χ2n) is 4.20. The summed E-state index contributed by atoms with van der Waals surface area (Å²) in [6.07, 6.45) is 3.84. The molecule has 0 aromatic carbocycles. The van der Waals surface area contributed by atoms with Gasteiger partial charge in [-0.2, -0.15) is 4.72 Å². The quantitative estimate of drug-likeness (QED) is 0.755. The summed E-state index contributed by atoms with van der Waals surface area (Å²) in [5, 5.41) is 9.24. The number of carbonyl (C=O) groups is 1. The van der Waals surface area contributed by atoms with Crippen LogP contribution in [-0.2, 0) is 16.2 Å². The molecule has 0 saturated heterocycles. The zero-order chi connectivity index (χ0) is 13.1. The van der Waals surface area contributed by atoms with Crippen LogP contribution in [0.2, 0.25) is 0 Å². The zero-order valence-corrected chi connectivity index (χ0v) is 10.8. The fourth-order valence-electron chi connectivity index (χ4n) is 1.58. The van der Waals surface area contributed by atoms with Crippen molar-refractivity contribution >= 4 is 23.3 Å². The number of rotatable bonds is 6. The standard InChI is InChI=1S/C11H15N3O3S/c1-2-8(10(15)16)9-5-6-12-11(13-9)14-18(17)7-3-4-7/h5-8H,2-4H2,1H3,(H,15,16)(H,12,13,14). The molecule has 0 amide bonds. The largest absolute Gasteiger partial charge is 0.593 e. The Morgan fingerprint density at radius 3 is 3.00 bits per heavy atom. The molecule has 98 valence electrons. The van der Waals surface area contributed by atoms with Crippen LogP contribution in [0.3, 0.4) is 0 Å². The first-order valence-electron chi connectivity index (χ1n) is 5.84. The Morgan fingerprint density at radius 2 is 2.44 bits per heavy atom. The predicted molar refractivity (Wildman–Crippen MR) is 67.5 cm³/mol. The lowest BCUT2D eigenvalue weighted by atomic mass is 10.0. The lowest BCUT2D eigenvalue weighted by molar-refractivity contribution is -0.138. The van der Waals surface area contributed by atoms with Crippen LogP contribution in [0.5, 0.6) is 0 Å². The van der Waals surface area contributed by atoms with Crippen molar-refractivity contribution in [2.45, 2.75) is 37.4 Å². The van der Waals surface area contributed by atoms with Gasteiger partial charge in [0, 0.05) is 19.0 Å². The minimum absolute atomic E-state index is 0.179. The molecule has 2 unspecified atom stereocenters. The first-order chi connectivity index (χ1) is 8.61. The van der Waals surface area contributed by atoms with Crippen LogP contribution >= 0.6 is 0 Å². The van der Waals surface area contributed by atoms with E-state index in [2.05, 4.69) is 14.7 Å². The first-order valence-corrected chi connectivity index (χ1v) is 7.06. The van der Waals surface area contributed by atoms with Gasteiger partial charge in [0.2, 0.25) is 0 Å². The van der Waals surface area contributed by atoms with E-state index in [4.69, 9.17) is 5.11 Å². The maximum absolute atomic E-state index is 11.7. The van der Waals surface area contributed by atoms with Gasteiger partial charge in [-0.3, -0.25) is 4.79 Å². The number of aromatic nitrogens is 2. The molecule has 1 aromatic rings. The lowest BCUT2D eigenvalue weighted by Gasteiger charge is -2.12. The van der Waals surface area contributed by atoms with Crippen molar-refractivity contribution in [3.8, 4) is 0 Å². The van der Waals surface area contributed by atoms with Gasteiger partial charge in [0.05, 0.1) is 23.0 Å². The number of anilines is 1. The first kappa shape index (κ1) is 13.1. The van der Waals surface area contributed by atoms with E-state index < -0.39 is 23.2 Å². The van der Waals surface area contributed by atoms with Crippen LogP contribution in [0.4, 0.5) is 5.95 Å². The van der Waals surface area contributed by atoms with Crippen LogP contribution < -0.4 is 4.72 Å². The molecule has 0 radical (unpaired) electrons. The summed E-state index contributed by atoms with van der Waals surface area (Å²) < 4.78 is 14.4. The molecular weight excluding hydrogens is 254 g/mol. The molecule has 0 aliphatic heterocycles. The van der Waals surface area contributed by atoms with E-state index in [0.717, 1.165) is 12.8 Å². The van der Waals surface area contributed by atoms with Crippen molar-refractivity contribution in [3.05, 3.63) is 18.0 Å². The minimum Gasteiger partial charge on any atom is -0.593 e. The molecule has 18 heavy (non-hydrogen) atoms. The summed E-state index contributed by atoms with van der Waals surface area (Å²) >= 11 is -1.17. The normalized spacial score (nSPS) is 18.1. The molecule has 2 atom stereocenters. The van der Waals surface area contributed by atoms with Crippen LogP contribution in [0.1, 0.15) is 37.8 Å². The van der Waals surface area contributed by atoms with Crippen LogP contribution in [-0.4, -0.2) is 30.8 Å². The monoisotopic (exact) mass is 269 g/mol. The number of hydrogen-bond acceptors (Lipinski definition) is 5. The fourth-order valence-corrected chi connectivity index (χ4v) is 2.59. The van der Waals surface area contributed by atoms with E-state index >= 15 is 0 Å². The Labute approximate surface area is 108 Å². The van der Waals surface area contributed by atoms with Gasteiger partial charge >= 0.3 is 5.97 Å². The topological polar surface area (TPSA) is 98.2 Å². The molecule has 1 fully saturated rings. The molecule has 1 aliphatic carbocycles. The molecule has 1 heterocycles. The van der Waals surface area contributed by atoms with Gasteiger partial charge in [0.1, 0.15) is 5.25 Å². The molecule has 2 N–H and O–H groups in total. The van der Waals surface area contributed by atoms with E-state index in [9.17, 15) is 9.35 Å². The zero-order valence-electron chi connectivity index (χ0n) is 10.00. The second-order valence-corrected chi connectivity index (χ2v) is 5.67. The highest BCUT2D eigenvalue weighted by atomic mass is 32.2. The Hall–Kier alpha value is -1.34. The molecule has 2 rings (SSSR count). The maximum atomic E-state index is 11.7. The Balaban J connectivity index is 2.10. The smallest absolute Gasteiger partial charge is 0.312 e. The van der Waals surface area contributed by atoms with Crippen molar-refractivity contribution in [2.24, 2.45) is 0 Å². The SMILES string of the molecule is CCC(C(=O)O)c1ccnc(N[S+]([O-])C2CC2)n1. The molecule has 1 aliphatic rings. The van der Waals surface area contributed by atoms with E-state index in [1.807, 2.05) is 0 Å². The Morgan fingerprint density at radius 1 is 1.72 bits per heavy atom. The van der Waals surface area contributed by atoms with Crippen LogP contribution in [0.25, 0.3) is 0 Å². The van der Waals surface area contributed by atoms with Gasteiger partial charge in [-0.15, -0.1) is 0 Å². The predicted octanol–water partition coefficient (Wildman–Crippen LogP) is 1.29. The van der Waals surface area contributed by atoms with Crippen LogP contribution in [0.15, 0.2) is 12.3 Å². The van der Waals surface area contributed by atoms with Gasteiger partial charge in [-0.25, -0.2) is 9.97 Å². The van der Waals surface area contributed by atoms with E-state index in [1.54, 1.807) is 13.0 Å². The van der Waals surface area contributed by atoms with Gasteiger partial charge < -0.3 is 9.66 Å². The Kier molecular flexibility index (Phi) is 4.03. The molecule has 1 saturated carbocycles. The van der Waals surface area contributed by atoms with Gasteiger partial charge in [-0.1, -0.05) is 6.92 Å². The summed E-state index contributed by atoms with van der Waals surface area (Å²) in [7, 11) is 0. The van der Waals surface area contributed by atoms with Crippen molar-refractivity contribution < 1.29 is 14.5 Å². The molecule has 0 spiro atoms. The molecule has 0 bridgehead atoms. The number of hydrogen-bond donors (Lipinski definition) is 2. The van der Waals surface area contributed by atoms with Gasteiger partial charge in [0.25, 0.3) is 5.95 Å². The average Bonchev–Trinajstić information content (AvgIpc) is 3.13. The average molecular weight is 269 g/mol. The summed E-state index contributed by atoms with van der Waals surface area (Å²) in [5.74, 6) is -1.33. The number of aliphatic carboxylic acids is 1. The van der Waals surface area contributed by atoms with E-state index in [0.29, 0.717) is 12.1 Å². The number of carboxylic acid groups (broad SMARTS) is 1. The van der Waals surface area contributed by atoms with Crippen molar-refractivity contribution in [2.75, 3.05) is 4.72 Å². The third-order valence-corrected chi connectivity index (χ3v) is 4.22. The number of carboxylic acids is 1. The number of nitrogens with zero attached hydrogens (tertiary/aromatic N) is 2. The highest BCUT2D eigenvalue weighted by Crippen LogP contribution is 2.29. The van der Waals surface area contributed by atoms with Crippen LogP contribution in [0, 0.1) is 0 Å². The maximum Gasteiger partial charge on any atom is 0.312 e. The number of nitrogens with one attached hydrogen (secondary N) is 1. The van der Waals surface area contributed by atoms with Crippen molar-refractivity contribution in [3.63, 3.8) is 0 Å². The summed E-state index contributed by atoms with van der Waals surface area (Å²) in [5.41, 5.74) is 0.440. The molecule has 6 nitrogen and oxygen atoms in total. The highest BCUT2D eigenvalue weighted by molar-refractivity contribution is 7.93. The van der Waals surface area contributed by atoms with Crippen molar-refractivity contribution in [1.29, 1.82) is 0 Å². The summed E-state index contributed by atoms with van der Waals surface area (Å²) in [6.45, 7) is 1.79. The molecule has 7 heteroatoms. The van der Waals surface area contributed by atoms with E-state index in [-0.39, 0.29) is 11.2 Å². The minimum atomic E-state index is -1.17. The van der Waals surface area contributed by atoms with E-state index in [1.165, 1.54) is 6.20 Å². The second kappa shape index (κ2) is 5.53. The molecule has 1 aromatic heterocycles. The molecular formula is C11H15N3O3S. The fraction of sp³-hybridized carbons (Fsp3) is 0.545. The lowest BCUT2D eigenvalue weighted by Crippen LogP contribution is -2.20. The van der Waals surface area contributed by atoms with Gasteiger partial charge in [0.15, 0.2) is 0 Å². The third kappa shape index (κ3) is 3.11. The van der Waals surface area contributed by atoms with Gasteiger partial charge in [-0.05, 0) is 12.5 Å².